The minimum atomic E-state index is -0.541. The Morgan fingerprint density at radius 1 is 1.28 bits per heavy atom. The second kappa shape index (κ2) is 6.86. The SMILES string of the molecule is Cc1ccc(NC(=O)C(C)Nc2nc3ccccc3s2)cc1[N+](=O)[O-]. The van der Waals surface area contributed by atoms with E-state index in [0.717, 1.165) is 10.2 Å². The van der Waals surface area contributed by atoms with Gasteiger partial charge in [0.25, 0.3) is 5.69 Å². The molecule has 0 aliphatic rings. The Kier molecular flexibility index (Phi) is 4.62. The number of nitrogens with zero attached hydrogens (tertiary/aromatic N) is 2. The van der Waals surface area contributed by atoms with Crippen LogP contribution in [0.3, 0.4) is 0 Å². The van der Waals surface area contributed by atoms with Crippen molar-refractivity contribution < 1.29 is 9.72 Å². The molecule has 0 bridgehead atoms. The van der Waals surface area contributed by atoms with Crippen LogP contribution in [-0.2, 0) is 4.79 Å². The molecule has 0 saturated heterocycles. The van der Waals surface area contributed by atoms with E-state index in [1.165, 1.54) is 17.4 Å². The van der Waals surface area contributed by atoms with Gasteiger partial charge in [0, 0.05) is 17.3 Å². The van der Waals surface area contributed by atoms with Gasteiger partial charge in [0.2, 0.25) is 5.91 Å². The van der Waals surface area contributed by atoms with Crippen molar-refractivity contribution in [3.05, 3.63) is 58.1 Å². The van der Waals surface area contributed by atoms with Gasteiger partial charge in [0.1, 0.15) is 6.04 Å². The number of para-hydroxylation sites is 1. The molecule has 2 aromatic carbocycles. The van der Waals surface area contributed by atoms with Gasteiger partial charge >= 0.3 is 0 Å². The molecule has 2 N–H and O–H groups in total. The summed E-state index contributed by atoms with van der Waals surface area (Å²) in [5.74, 6) is -0.294. The number of nitro benzene ring substituents is 1. The molecule has 1 aromatic heterocycles. The molecule has 0 radical (unpaired) electrons. The Hall–Kier alpha value is -3.00. The summed E-state index contributed by atoms with van der Waals surface area (Å²) in [5.41, 5.74) is 1.78. The van der Waals surface area contributed by atoms with E-state index in [4.69, 9.17) is 0 Å². The molecule has 7 nitrogen and oxygen atoms in total. The van der Waals surface area contributed by atoms with Crippen LogP contribution < -0.4 is 10.6 Å². The second-order valence-corrected chi connectivity index (χ2v) is 6.63. The largest absolute Gasteiger partial charge is 0.350 e. The van der Waals surface area contributed by atoms with Crippen molar-refractivity contribution in [1.29, 1.82) is 0 Å². The van der Waals surface area contributed by atoms with Gasteiger partial charge < -0.3 is 10.6 Å². The number of fused-ring (bicyclic) bond motifs is 1. The van der Waals surface area contributed by atoms with Gasteiger partial charge in [0.05, 0.1) is 15.1 Å². The second-order valence-electron chi connectivity index (χ2n) is 5.60. The number of amides is 1. The molecule has 0 fully saturated rings. The van der Waals surface area contributed by atoms with E-state index in [2.05, 4.69) is 15.6 Å². The Labute approximate surface area is 147 Å². The number of carbonyl (C=O) groups excluding carboxylic acids is 1. The Morgan fingerprint density at radius 2 is 2.04 bits per heavy atom. The summed E-state index contributed by atoms with van der Waals surface area (Å²) in [6, 6.07) is 11.8. The number of hydrogen-bond donors (Lipinski definition) is 2. The van der Waals surface area contributed by atoms with Crippen LogP contribution >= 0.6 is 11.3 Å². The van der Waals surface area contributed by atoms with Crippen molar-refractivity contribution in [3.63, 3.8) is 0 Å². The molecule has 3 rings (SSSR count). The maximum atomic E-state index is 12.3. The third kappa shape index (κ3) is 3.74. The molecule has 0 aliphatic heterocycles. The number of hydrogen-bond acceptors (Lipinski definition) is 6. The number of rotatable bonds is 5. The van der Waals surface area contributed by atoms with Crippen LogP contribution in [0.1, 0.15) is 12.5 Å². The highest BCUT2D eigenvalue weighted by Gasteiger charge is 2.17. The smallest absolute Gasteiger partial charge is 0.274 e. The fraction of sp³-hybridized carbons (Fsp3) is 0.176. The van der Waals surface area contributed by atoms with Gasteiger partial charge in [-0.25, -0.2) is 4.98 Å². The maximum Gasteiger partial charge on any atom is 0.274 e. The van der Waals surface area contributed by atoms with Gasteiger partial charge in [-0.15, -0.1) is 0 Å². The van der Waals surface area contributed by atoms with E-state index in [1.54, 1.807) is 26.0 Å². The zero-order valence-electron chi connectivity index (χ0n) is 13.6. The number of thiazole rings is 1. The van der Waals surface area contributed by atoms with E-state index >= 15 is 0 Å². The average Bonchev–Trinajstić information content (AvgIpc) is 2.98. The fourth-order valence-corrected chi connectivity index (χ4v) is 3.27. The molecule has 0 aliphatic carbocycles. The first-order valence-electron chi connectivity index (χ1n) is 7.62. The van der Waals surface area contributed by atoms with Crippen molar-refractivity contribution in [1.82, 2.24) is 4.98 Å². The van der Waals surface area contributed by atoms with Gasteiger partial charge in [0.15, 0.2) is 5.13 Å². The third-order valence-corrected chi connectivity index (χ3v) is 4.67. The van der Waals surface area contributed by atoms with E-state index in [0.29, 0.717) is 16.4 Å². The molecule has 25 heavy (non-hydrogen) atoms. The van der Waals surface area contributed by atoms with Crippen LogP contribution in [-0.4, -0.2) is 21.9 Å². The zero-order chi connectivity index (χ0) is 18.0. The van der Waals surface area contributed by atoms with Crippen LogP contribution in [0.5, 0.6) is 0 Å². The monoisotopic (exact) mass is 356 g/mol. The van der Waals surface area contributed by atoms with Crippen LogP contribution in [0, 0.1) is 17.0 Å². The quantitative estimate of drug-likeness (QED) is 0.533. The summed E-state index contributed by atoms with van der Waals surface area (Å²) in [5, 5.41) is 17.4. The van der Waals surface area contributed by atoms with Crippen LogP contribution in [0.25, 0.3) is 10.2 Å². The van der Waals surface area contributed by atoms with Crippen molar-refractivity contribution >= 4 is 44.0 Å². The lowest BCUT2D eigenvalue weighted by Gasteiger charge is -2.13. The predicted octanol–water partition coefficient (Wildman–Crippen LogP) is 3.95. The highest BCUT2D eigenvalue weighted by molar-refractivity contribution is 7.22. The first-order valence-corrected chi connectivity index (χ1v) is 8.43. The average molecular weight is 356 g/mol. The number of aryl methyl sites for hydroxylation is 1. The van der Waals surface area contributed by atoms with Crippen molar-refractivity contribution in [2.24, 2.45) is 0 Å². The predicted molar refractivity (Wildman–Crippen MR) is 99.2 cm³/mol. The Bertz CT molecular complexity index is 921. The minimum Gasteiger partial charge on any atom is -0.350 e. The van der Waals surface area contributed by atoms with Crippen molar-refractivity contribution in [3.8, 4) is 0 Å². The topological polar surface area (TPSA) is 97.2 Å². The zero-order valence-corrected chi connectivity index (χ0v) is 14.5. The fourth-order valence-electron chi connectivity index (χ4n) is 2.32. The van der Waals surface area contributed by atoms with Crippen molar-refractivity contribution in [2.75, 3.05) is 10.6 Å². The maximum absolute atomic E-state index is 12.3. The third-order valence-electron chi connectivity index (χ3n) is 3.70. The number of anilines is 2. The molecular formula is C17H16N4O3S. The number of nitrogens with one attached hydrogen (secondary N) is 2. The van der Waals surface area contributed by atoms with E-state index in [1.807, 2.05) is 24.3 Å². The van der Waals surface area contributed by atoms with Crippen LogP contribution in [0.4, 0.5) is 16.5 Å². The molecular weight excluding hydrogens is 340 g/mol. The van der Waals surface area contributed by atoms with Crippen LogP contribution in [0.15, 0.2) is 42.5 Å². The summed E-state index contributed by atoms with van der Waals surface area (Å²) in [7, 11) is 0. The first-order chi connectivity index (χ1) is 11.9. The van der Waals surface area contributed by atoms with E-state index < -0.39 is 11.0 Å². The summed E-state index contributed by atoms with van der Waals surface area (Å²) < 4.78 is 1.03. The summed E-state index contributed by atoms with van der Waals surface area (Å²) in [6.07, 6.45) is 0. The number of nitro groups is 1. The number of benzene rings is 2. The molecule has 0 spiro atoms. The highest BCUT2D eigenvalue weighted by atomic mass is 32.1. The summed E-state index contributed by atoms with van der Waals surface area (Å²) in [4.78, 5) is 27.3. The summed E-state index contributed by atoms with van der Waals surface area (Å²) >= 11 is 1.47. The molecule has 0 saturated carbocycles. The molecule has 1 unspecified atom stereocenters. The lowest BCUT2D eigenvalue weighted by Crippen LogP contribution is -2.31. The lowest BCUT2D eigenvalue weighted by atomic mass is 10.2. The normalized spacial score (nSPS) is 11.9. The minimum absolute atomic E-state index is 0.0235. The molecule has 3 aromatic rings. The van der Waals surface area contributed by atoms with Gasteiger partial charge in [-0.2, -0.15) is 0 Å². The van der Waals surface area contributed by atoms with Gasteiger partial charge in [-0.1, -0.05) is 29.5 Å². The van der Waals surface area contributed by atoms with Gasteiger partial charge in [-0.3, -0.25) is 14.9 Å². The number of aromatic nitrogens is 1. The molecule has 8 heteroatoms. The molecule has 1 atom stereocenters. The Morgan fingerprint density at radius 3 is 2.76 bits per heavy atom. The standard InChI is InChI=1S/C17H16N4O3S/c1-10-7-8-12(9-14(10)21(23)24)19-16(22)11(2)18-17-20-13-5-3-4-6-15(13)25-17/h3-9,11H,1-2H3,(H,18,20)(H,19,22). The van der Waals surface area contributed by atoms with Crippen molar-refractivity contribution in [2.45, 2.75) is 19.9 Å². The molecule has 128 valence electrons. The van der Waals surface area contributed by atoms with Crippen LogP contribution in [0.2, 0.25) is 0 Å². The molecule has 1 heterocycles. The summed E-state index contributed by atoms with van der Waals surface area (Å²) in [6.45, 7) is 3.37. The van der Waals surface area contributed by atoms with E-state index in [9.17, 15) is 14.9 Å². The van der Waals surface area contributed by atoms with Gasteiger partial charge in [-0.05, 0) is 32.0 Å². The Balaban J connectivity index is 1.70. The highest BCUT2D eigenvalue weighted by Crippen LogP contribution is 2.26. The first kappa shape index (κ1) is 16.8. The lowest BCUT2D eigenvalue weighted by molar-refractivity contribution is -0.385. The number of carbonyl (C=O) groups is 1. The molecule has 1 amide bonds. The van der Waals surface area contributed by atoms with E-state index in [-0.39, 0.29) is 11.6 Å².